The van der Waals surface area contributed by atoms with Crippen LogP contribution in [0.5, 0.6) is 0 Å². The molecular formula is C41H44. The summed E-state index contributed by atoms with van der Waals surface area (Å²) >= 11 is 0. The molecule has 4 aliphatic rings. The summed E-state index contributed by atoms with van der Waals surface area (Å²) < 4.78 is 0. The fourth-order valence-corrected chi connectivity index (χ4v) is 7.76. The van der Waals surface area contributed by atoms with Crippen LogP contribution in [0.1, 0.15) is 95.0 Å². The Balaban J connectivity index is 1.40. The standard InChI is InChI=1S/C41H44/c1-8-10-27(3)11-17-31-23-29(13-12-28-14-18-32(19-15-28)40(4,5)6)16-20-34(31)38-36-24-30-25-37(38)39-35(33(36)9-2)21-22-41(39,7)26-30/h8,10-11,14-16,18-25,33,36,38H,9,17,26H2,1-7H3/b10-8-,27-11-. The third-order valence-electron chi connectivity index (χ3n) is 9.78. The van der Waals surface area contributed by atoms with E-state index in [-0.39, 0.29) is 10.8 Å². The van der Waals surface area contributed by atoms with E-state index in [4.69, 9.17) is 0 Å². The van der Waals surface area contributed by atoms with Crippen molar-refractivity contribution in [1.29, 1.82) is 0 Å². The first-order valence-corrected chi connectivity index (χ1v) is 15.5. The minimum Gasteiger partial charge on any atom is -0.0874 e. The van der Waals surface area contributed by atoms with Gasteiger partial charge in [0, 0.05) is 22.5 Å². The van der Waals surface area contributed by atoms with Gasteiger partial charge in [0.15, 0.2) is 0 Å². The van der Waals surface area contributed by atoms with Crippen molar-refractivity contribution in [3.05, 3.63) is 141 Å². The molecule has 0 amide bonds. The van der Waals surface area contributed by atoms with Crippen LogP contribution in [-0.4, -0.2) is 0 Å². The summed E-state index contributed by atoms with van der Waals surface area (Å²) in [4.78, 5) is 0. The summed E-state index contributed by atoms with van der Waals surface area (Å²) in [6.07, 6.45) is 20.1. The molecule has 0 radical (unpaired) electrons. The van der Waals surface area contributed by atoms with E-state index in [1.807, 2.05) is 0 Å². The zero-order chi connectivity index (χ0) is 28.9. The molecule has 0 spiro atoms. The van der Waals surface area contributed by atoms with Gasteiger partial charge in [0.25, 0.3) is 0 Å². The van der Waals surface area contributed by atoms with Crippen molar-refractivity contribution < 1.29 is 0 Å². The van der Waals surface area contributed by atoms with Crippen molar-refractivity contribution >= 4 is 0 Å². The van der Waals surface area contributed by atoms with Crippen LogP contribution in [0, 0.1) is 29.1 Å². The minimum absolute atomic E-state index is 0.151. The topological polar surface area (TPSA) is 0 Å². The second-order valence-electron chi connectivity index (χ2n) is 13.8. The maximum absolute atomic E-state index is 3.50. The van der Waals surface area contributed by atoms with Gasteiger partial charge in [-0.1, -0.05) is 118 Å². The third-order valence-corrected chi connectivity index (χ3v) is 9.78. The summed E-state index contributed by atoms with van der Waals surface area (Å²) in [7, 11) is 0. The Labute approximate surface area is 248 Å². The van der Waals surface area contributed by atoms with E-state index >= 15 is 0 Å². The molecule has 0 nitrogen and oxygen atoms in total. The Kier molecular flexibility index (Phi) is 6.98. The molecule has 0 heterocycles. The Morgan fingerprint density at radius 2 is 1.78 bits per heavy atom. The van der Waals surface area contributed by atoms with Gasteiger partial charge in [-0.25, -0.2) is 0 Å². The third kappa shape index (κ3) is 4.95. The second kappa shape index (κ2) is 10.4. The normalized spacial score (nSPS) is 26.3. The van der Waals surface area contributed by atoms with Crippen LogP contribution in [0.15, 0.2) is 113 Å². The fraction of sp³-hybridized carbons (Fsp3) is 0.366. The summed E-state index contributed by atoms with van der Waals surface area (Å²) in [5.74, 6) is 8.47. The predicted octanol–water partition coefficient (Wildman–Crippen LogP) is 10.3. The Morgan fingerprint density at radius 1 is 1.05 bits per heavy atom. The van der Waals surface area contributed by atoms with Crippen molar-refractivity contribution in [3.63, 3.8) is 0 Å². The predicted molar refractivity (Wildman–Crippen MR) is 175 cm³/mol. The van der Waals surface area contributed by atoms with Gasteiger partial charge < -0.3 is 0 Å². The van der Waals surface area contributed by atoms with E-state index < -0.39 is 0 Å². The van der Waals surface area contributed by atoms with Crippen LogP contribution in [0.3, 0.4) is 0 Å². The van der Waals surface area contributed by atoms with E-state index in [2.05, 4.69) is 145 Å². The van der Waals surface area contributed by atoms with Crippen molar-refractivity contribution in [2.75, 3.05) is 0 Å². The SMILES string of the molecule is C/C=C\C(C)=C/Cc1cc(C#Cc2ccc(C(C)(C)C)cc2)ccc1C1C2=CC3=CC1C(CC)C1=C2C(C)(C=C1)C3. The van der Waals surface area contributed by atoms with Crippen LogP contribution >= 0.6 is 0 Å². The van der Waals surface area contributed by atoms with E-state index in [1.54, 1.807) is 22.3 Å². The molecule has 4 atom stereocenters. The van der Waals surface area contributed by atoms with Gasteiger partial charge >= 0.3 is 0 Å². The molecule has 0 fully saturated rings. The number of hydrogen-bond acceptors (Lipinski definition) is 0. The number of benzene rings is 2. The number of hydrogen-bond donors (Lipinski definition) is 0. The first-order valence-electron chi connectivity index (χ1n) is 15.5. The van der Waals surface area contributed by atoms with Gasteiger partial charge in [-0.3, -0.25) is 0 Å². The van der Waals surface area contributed by atoms with Crippen molar-refractivity contribution in [2.45, 2.75) is 79.1 Å². The highest BCUT2D eigenvalue weighted by molar-refractivity contribution is 5.67. The molecular weight excluding hydrogens is 492 g/mol. The molecule has 6 rings (SSSR count). The van der Waals surface area contributed by atoms with E-state index in [9.17, 15) is 0 Å². The van der Waals surface area contributed by atoms with Crippen LogP contribution in [0.4, 0.5) is 0 Å². The van der Waals surface area contributed by atoms with Crippen LogP contribution in [0.25, 0.3) is 0 Å². The van der Waals surface area contributed by atoms with E-state index in [0.29, 0.717) is 17.8 Å². The molecule has 0 saturated carbocycles. The fourth-order valence-electron chi connectivity index (χ4n) is 7.76. The molecule has 4 aliphatic carbocycles. The largest absolute Gasteiger partial charge is 0.0874 e. The number of allylic oxidation sites excluding steroid dienone is 12. The van der Waals surface area contributed by atoms with Crippen molar-refractivity contribution in [2.24, 2.45) is 17.3 Å². The second-order valence-corrected chi connectivity index (χ2v) is 13.8. The molecule has 0 heteroatoms. The minimum atomic E-state index is 0.151. The molecule has 2 aromatic carbocycles. The zero-order valence-corrected chi connectivity index (χ0v) is 25.9. The number of rotatable bonds is 5. The van der Waals surface area contributed by atoms with Gasteiger partial charge in [0.2, 0.25) is 0 Å². The lowest BCUT2D eigenvalue weighted by Crippen LogP contribution is -2.37. The summed E-state index contributed by atoms with van der Waals surface area (Å²) in [6.45, 7) is 15.9. The molecule has 41 heavy (non-hydrogen) atoms. The lowest BCUT2D eigenvalue weighted by molar-refractivity contribution is 0.347. The molecule has 4 unspecified atom stereocenters. The molecule has 2 aromatic rings. The van der Waals surface area contributed by atoms with Crippen LogP contribution in [-0.2, 0) is 11.8 Å². The smallest absolute Gasteiger partial charge is 0.0252 e. The van der Waals surface area contributed by atoms with Gasteiger partial charge in [-0.05, 0) is 108 Å². The highest BCUT2D eigenvalue weighted by Gasteiger charge is 2.51. The van der Waals surface area contributed by atoms with Crippen LogP contribution < -0.4 is 0 Å². The van der Waals surface area contributed by atoms with Gasteiger partial charge in [0.1, 0.15) is 0 Å². The number of fused-ring (bicyclic) bond motifs is 2. The lowest BCUT2D eigenvalue weighted by atomic mass is 9.54. The first kappa shape index (κ1) is 27.6. The van der Waals surface area contributed by atoms with Gasteiger partial charge in [-0.15, -0.1) is 0 Å². The highest BCUT2D eigenvalue weighted by atomic mass is 14.5. The average molecular weight is 537 g/mol. The zero-order valence-electron chi connectivity index (χ0n) is 25.9. The molecule has 208 valence electrons. The molecule has 0 aromatic heterocycles. The van der Waals surface area contributed by atoms with Crippen molar-refractivity contribution in [3.8, 4) is 11.8 Å². The molecule has 3 bridgehead atoms. The molecule has 0 N–H and O–H groups in total. The molecule has 0 aliphatic heterocycles. The van der Waals surface area contributed by atoms with E-state index in [1.165, 1.54) is 28.7 Å². The molecule has 0 saturated heterocycles. The maximum atomic E-state index is 3.50. The Hall–Kier alpha value is -3.56. The Bertz CT molecular complexity index is 1620. The summed E-state index contributed by atoms with van der Waals surface area (Å²) in [5.41, 5.74) is 14.4. The summed E-state index contributed by atoms with van der Waals surface area (Å²) in [6, 6.07) is 15.8. The quantitative estimate of drug-likeness (QED) is 0.263. The summed E-state index contributed by atoms with van der Waals surface area (Å²) in [5, 5.41) is 0. The van der Waals surface area contributed by atoms with Gasteiger partial charge in [-0.2, -0.15) is 0 Å². The first-order chi connectivity index (χ1) is 19.6. The van der Waals surface area contributed by atoms with Gasteiger partial charge in [0.05, 0.1) is 0 Å². The average Bonchev–Trinajstić information content (AvgIpc) is 3.29. The Morgan fingerprint density at radius 3 is 2.49 bits per heavy atom. The monoisotopic (exact) mass is 536 g/mol. The highest BCUT2D eigenvalue weighted by Crippen LogP contribution is 2.63. The van der Waals surface area contributed by atoms with E-state index in [0.717, 1.165) is 24.0 Å². The lowest BCUT2D eigenvalue weighted by Gasteiger charge is -2.49. The van der Waals surface area contributed by atoms with Crippen LogP contribution in [0.2, 0.25) is 0 Å². The maximum Gasteiger partial charge on any atom is 0.0252 e. The van der Waals surface area contributed by atoms with Crippen molar-refractivity contribution in [1.82, 2.24) is 0 Å².